The van der Waals surface area contributed by atoms with Gasteiger partial charge in [-0.2, -0.15) is 0 Å². The number of hydrogen-bond donors (Lipinski definition) is 1. The molecule has 0 aliphatic carbocycles. The Kier molecular flexibility index (Phi) is 4.77. The zero-order valence-electron chi connectivity index (χ0n) is 15.7. The second kappa shape index (κ2) is 6.57. The van der Waals surface area contributed by atoms with Crippen LogP contribution >= 0.6 is 0 Å². The molecule has 0 bridgehead atoms. The van der Waals surface area contributed by atoms with Crippen LogP contribution < -0.4 is 15.7 Å². The van der Waals surface area contributed by atoms with Crippen LogP contribution in [0.5, 0.6) is 0 Å². The van der Waals surface area contributed by atoms with Crippen LogP contribution in [-0.4, -0.2) is 53.8 Å². The fourth-order valence-corrected chi connectivity index (χ4v) is 3.06. The Morgan fingerprint density at radius 3 is 2.44 bits per heavy atom. The summed E-state index contributed by atoms with van der Waals surface area (Å²) in [6.07, 6.45) is 4.60. The van der Waals surface area contributed by atoms with Crippen molar-refractivity contribution in [1.29, 1.82) is 0 Å². The van der Waals surface area contributed by atoms with Gasteiger partial charge >= 0.3 is 7.12 Å². The van der Waals surface area contributed by atoms with Gasteiger partial charge in [-0.05, 0) is 40.0 Å². The molecule has 1 unspecified atom stereocenters. The molecule has 1 amide bonds. The molecule has 7 nitrogen and oxygen atoms in total. The van der Waals surface area contributed by atoms with Crippen molar-refractivity contribution in [2.45, 2.75) is 52.2 Å². The minimum absolute atomic E-state index is 0.0152. The predicted molar refractivity (Wildman–Crippen MR) is 96.8 cm³/mol. The van der Waals surface area contributed by atoms with Crippen LogP contribution in [0.4, 0.5) is 5.95 Å². The first-order chi connectivity index (χ1) is 11.7. The van der Waals surface area contributed by atoms with Gasteiger partial charge in [0.15, 0.2) is 0 Å². The van der Waals surface area contributed by atoms with Crippen molar-refractivity contribution in [2.24, 2.45) is 5.92 Å². The van der Waals surface area contributed by atoms with Gasteiger partial charge in [-0.15, -0.1) is 0 Å². The van der Waals surface area contributed by atoms with Crippen LogP contribution in [0.1, 0.15) is 41.0 Å². The highest BCUT2D eigenvalue weighted by molar-refractivity contribution is 6.61. The van der Waals surface area contributed by atoms with Gasteiger partial charge < -0.3 is 19.5 Å². The van der Waals surface area contributed by atoms with Crippen molar-refractivity contribution in [3.05, 3.63) is 12.4 Å². The van der Waals surface area contributed by atoms with Crippen molar-refractivity contribution < 1.29 is 14.1 Å². The molecule has 0 spiro atoms. The van der Waals surface area contributed by atoms with Gasteiger partial charge in [-0.1, -0.05) is 0 Å². The monoisotopic (exact) mass is 346 g/mol. The maximum absolute atomic E-state index is 11.0. The lowest BCUT2D eigenvalue weighted by Crippen LogP contribution is -2.41. The third-order valence-electron chi connectivity index (χ3n) is 5.39. The normalized spacial score (nSPS) is 24.6. The predicted octanol–water partition coefficient (Wildman–Crippen LogP) is 0.738. The lowest BCUT2D eigenvalue weighted by atomic mass is 9.81. The summed E-state index contributed by atoms with van der Waals surface area (Å²) in [7, 11) is -0.440. The highest BCUT2D eigenvalue weighted by atomic mass is 16.7. The van der Waals surface area contributed by atoms with E-state index in [-0.39, 0.29) is 17.1 Å². The standard InChI is InChI=1S/C17H27BN4O3/c1-12(23)19-8-13-6-7-22(11-13)15-20-9-14(10-21-15)18-24-16(2,3)17(4,5)25-18/h9-10,13H,6-8,11H2,1-5H3,(H,19,23). The summed E-state index contributed by atoms with van der Waals surface area (Å²) in [6, 6.07) is 0. The van der Waals surface area contributed by atoms with Crippen LogP contribution in [-0.2, 0) is 14.1 Å². The summed E-state index contributed by atoms with van der Waals surface area (Å²) in [4.78, 5) is 22.2. The topological polar surface area (TPSA) is 76.6 Å². The second-order valence-electron chi connectivity index (χ2n) is 7.94. The van der Waals surface area contributed by atoms with Gasteiger partial charge in [0.25, 0.3) is 0 Å². The maximum atomic E-state index is 11.0. The number of carbonyl (C=O) groups excluding carboxylic acids is 1. The molecule has 2 aliphatic rings. The Balaban J connectivity index is 1.61. The van der Waals surface area contributed by atoms with E-state index < -0.39 is 7.12 Å². The molecule has 0 aromatic carbocycles. The number of rotatable bonds is 4. The van der Waals surface area contributed by atoms with Crippen molar-refractivity contribution in [3.8, 4) is 0 Å². The van der Waals surface area contributed by atoms with Gasteiger partial charge in [-0.3, -0.25) is 4.79 Å². The number of nitrogens with zero attached hydrogens (tertiary/aromatic N) is 3. The molecule has 1 aromatic rings. The van der Waals surface area contributed by atoms with E-state index in [0.29, 0.717) is 18.4 Å². The minimum Gasteiger partial charge on any atom is -0.399 e. The zero-order valence-corrected chi connectivity index (χ0v) is 15.7. The lowest BCUT2D eigenvalue weighted by molar-refractivity contribution is -0.119. The fraction of sp³-hybridized carbons (Fsp3) is 0.706. The fourth-order valence-electron chi connectivity index (χ4n) is 3.06. The Hall–Kier alpha value is -1.67. The molecule has 3 heterocycles. The summed E-state index contributed by atoms with van der Waals surface area (Å²) < 4.78 is 12.1. The molecule has 8 heteroatoms. The molecule has 3 rings (SSSR count). The largest absolute Gasteiger partial charge is 0.498 e. The van der Waals surface area contributed by atoms with E-state index in [9.17, 15) is 4.79 Å². The molecule has 1 N–H and O–H groups in total. The molecular formula is C17H27BN4O3. The van der Waals surface area contributed by atoms with Crippen LogP contribution in [0.2, 0.25) is 0 Å². The number of aromatic nitrogens is 2. The number of carbonyl (C=O) groups is 1. The molecule has 136 valence electrons. The van der Waals surface area contributed by atoms with Crippen LogP contribution in [0, 0.1) is 5.92 Å². The first kappa shape index (κ1) is 18.1. The Morgan fingerprint density at radius 2 is 1.88 bits per heavy atom. The van der Waals surface area contributed by atoms with Gasteiger partial charge in [0, 0.05) is 44.4 Å². The molecule has 2 fully saturated rings. The van der Waals surface area contributed by atoms with E-state index in [2.05, 4.69) is 20.2 Å². The average Bonchev–Trinajstić information content (AvgIpc) is 3.08. The van der Waals surface area contributed by atoms with Gasteiger partial charge in [0.05, 0.1) is 11.2 Å². The summed E-state index contributed by atoms with van der Waals surface area (Å²) in [5.74, 6) is 1.17. The molecule has 0 radical (unpaired) electrons. The third-order valence-corrected chi connectivity index (χ3v) is 5.39. The highest BCUT2D eigenvalue weighted by Crippen LogP contribution is 2.36. The molecule has 0 saturated carbocycles. The Labute approximate surface area is 149 Å². The van der Waals surface area contributed by atoms with Crippen molar-refractivity contribution >= 4 is 24.4 Å². The van der Waals surface area contributed by atoms with Crippen LogP contribution in [0.25, 0.3) is 0 Å². The van der Waals surface area contributed by atoms with Gasteiger partial charge in [0.1, 0.15) is 0 Å². The molecule has 2 saturated heterocycles. The first-order valence-corrected chi connectivity index (χ1v) is 8.85. The van der Waals surface area contributed by atoms with Crippen LogP contribution in [0.15, 0.2) is 12.4 Å². The van der Waals surface area contributed by atoms with E-state index in [4.69, 9.17) is 9.31 Å². The molecule has 1 aromatic heterocycles. The van der Waals surface area contributed by atoms with E-state index in [1.807, 2.05) is 27.7 Å². The van der Waals surface area contributed by atoms with Crippen molar-refractivity contribution in [2.75, 3.05) is 24.5 Å². The van der Waals surface area contributed by atoms with E-state index in [1.165, 1.54) is 0 Å². The summed E-state index contributed by atoms with van der Waals surface area (Å²) >= 11 is 0. The zero-order chi connectivity index (χ0) is 18.2. The molecular weight excluding hydrogens is 319 g/mol. The first-order valence-electron chi connectivity index (χ1n) is 8.85. The maximum Gasteiger partial charge on any atom is 0.498 e. The summed E-state index contributed by atoms with van der Waals surface area (Å²) in [5, 5.41) is 2.88. The smallest absolute Gasteiger partial charge is 0.399 e. The number of amides is 1. The minimum atomic E-state index is -0.440. The number of hydrogen-bond acceptors (Lipinski definition) is 6. The van der Waals surface area contributed by atoms with E-state index in [0.717, 1.165) is 25.0 Å². The van der Waals surface area contributed by atoms with E-state index >= 15 is 0 Å². The van der Waals surface area contributed by atoms with Gasteiger partial charge in [-0.25, -0.2) is 9.97 Å². The second-order valence-corrected chi connectivity index (χ2v) is 7.94. The molecule has 25 heavy (non-hydrogen) atoms. The lowest BCUT2D eigenvalue weighted by Gasteiger charge is -2.32. The average molecular weight is 346 g/mol. The highest BCUT2D eigenvalue weighted by Gasteiger charge is 2.52. The third kappa shape index (κ3) is 3.79. The molecule has 1 atom stereocenters. The summed E-state index contributed by atoms with van der Waals surface area (Å²) in [6.45, 7) is 12.1. The quantitative estimate of drug-likeness (QED) is 0.811. The Morgan fingerprint density at radius 1 is 1.28 bits per heavy atom. The van der Waals surface area contributed by atoms with Crippen LogP contribution in [0.3, 0.4) is 0 Å². The van der Waals surface area contributed by atoms with Crippen molar-refractivity contribution in [3.63, 3.8) is 0 Å². The van der Waals surface area contributed by atoms with Crippen molar-refractivity contribution in [1.82, 2.24) is 15.3 Å². The number of anilines is 1. The Bertz CT molecular complexity index is 619. The van der Waals surface area contributed by atoms with E-state index in [1.54, 1.807) is 19.3 Å². The summed E-state index contributed by atoms with van der Waals surface area (Å²) in [5.41, 5.74) is 0.0844. The number of nitrogens with one attached hydrogen (secondary N) is 1. The van der Waals surface area contributed by atoms with Gasteiger partial charge in [0.2, 0.25) is 11.9 Å². The molecule has 2 aliphatic heterocycles. The SMILES string of the molecule is CC(=O)NCC1CCN(c2ncc(B3OC(C)(C)C(C)(C)O3)cn2)C1.